The average molecular weight is 397 g/mol. The molecular weight excluding hydrogens is 370 g/mol. The van der Waals surface area contributed by atoms with Crippen LogP contribution in [0.2, 0.25) is 0 Å². The monoisotopic (exact) mass is 397 g/mol. The third-order valence-corrected chi connectivity index (χ3v) is 4.71. The Bertz CT molecular complexity index is 1090. The summed E-state index contributed by atoms with van der Waals surface area (Å²) in [6.45, 7) is 6.26. The smallest absolute Gasteiger partial charge is 0.328 e. The number of aliphatic hydroxyl groups is 1. The quantitative estimate of drug-likeness (QED) is 0.568. The zero-order valence-electron chi connectivity index (χ0n) is 17.2. The van der Waals surface area contributed by atoms with Gasteiger partial charge in [-0.15, -0.1) is 0 Å². The van der Waals surface area contributed by atoms with E-state index in [4.69, 9.17) is 0 Å². The Morgan fingerprint density at radius 3 is 2.59 bits per heavy atom. The third-order valence-electron chi connectivity index (χ3n) is 4.71. The number of benzene rings is 1. The van der Waals surface area contributed by atoms with Gasteiger partial charge in [0.2, 0.25) is 0 Å². The normalized spacial score (nSPS) is 11.6. The van der Waals surface area contributed by atoms with E-state index in [0.29, 0.717) is 25.2 Å². The second-order valence-electron chi connectivity index (χ2n) is 7.67. The van der Waals surface area contributed by atoms with Crippen LogP contribution in [0.4, 0.5) is 11.4 Å². The van der Waals surface area contributed by atoms with Crippen molar-refractivity contribution in [2.24, 2.45) is 7.05 Å². The van der Waals surface area contributed by atoms with Crippen LogP contribution >= 0.6 is 0 Å². The highest BCUT2D eigenvalue weighted by Crippen LogP contribution is 2.23. The molecule has 0 saturated heterocycles. The molecule has 154 valence electrons. The number of rotatable bonds is 7. The summed E-state index contributed by atoms with van der Waals surface area (Å²) in [4.78, 5) is 28.7. The Morgan fingerprint density at radius 2 is 1.90 bits per heavy atom. The number of carbonyl (C=O) groups excluding carboxylic acids is 1. The zero-order chi connectivity index (χ0) is 21.2. The number of imidazole rings is 1. The number of aryl methyl sites for hydroxylation is 2. The molecule has 2 heterocycles. The average Bonchev–Trinajstić information content (AvgIpc) is 2.90. The first kappa shape index (κ1) is 20.6. The molecule has 0 spiro atoms. The van der Waals surface area contributed by atoms with Crippen molar-refractivity contribution in [3.63, 3.8) is 0 Å². The minimum Gasteiger partial charge on any atom is -0.390 e. The summed E-state index contributed by atoms with van der Waals surface area (Å²) in [6, 6.07) is 9.12. The van der Waals surface area contributed by atoms with Crippen LogP contribution in [0.3, 0.4) is 0 Å². The molecule has 1 amide bonds. The molecule has 3 rings (SSSR count). The van der Waals surface area contributed by atoms with Gasteiger partial charge in [-0.1, -0.05) is 0 Å². The van der Waals surface area contributed by atoms with Crippen LogP contribution in [0, 0.1) is 0 Å². The van der Waals surface area contributed by atoms with Crippen molar-refractivity contribution in [1.82, 2.24) is 19.4 Å². The molecule has 29 heavy (non-hydrogen) atoms. The van der Waals surface area contributed by atoms with E-state index in [1.54, 1.807) is 48.4 Å². The van der Waals surface area contributed by atoms with Crippen molar-refractivity contribution >= 4 is 28.3 Å². The number of pyridine rings is 1. The highest BCUT2D eigenvalue weighted by Gasteiger charge is 2.17. The molecule has 0 fully saturated rings. The van der Waals surface area contributed by atoms with Crippen LogP contribution in [0.25, 0.3) is 11.0 Å². The van der Waals surface area contributed by atoms with Gasteiger partial charge in [-0.3, -0.25) is 18.9 Å². The number of nitrogens with one attached hydrogen (secondary N) is 2. The molecule has 3 N–H and O–H groups in total. The summed E-state index contributed by atoms with van der Waals surface area (Å²) < 4.78 is 3.27. The van der Waals surface area contributed by atoms with Crippen LogP contribution in [-0.4, -0.2) is 37.3 Å². The number of anilines is 2. The molecule has 0 aliphatic rings. The molecule has 2 aromatic heterocycles. The Labute approximate surface area is 169 Å². The summed E-state index contributed by atoms with van der Waals surface area (Å²) >= 11 is 0. The van der Waals surface area contributed by atoms with Crippen molar-refractivity contribution in [3.05, 3.63) is 52.7 Å². The largest absolute Gasteiger partial charge is 0.390 e. The maximum absolute atomic E-state index is 12.6. The standard InChI is InChI=1S/C21H27N5O3/c1-5-22-19(27)16-12-15(8-10-23-16)24-14-6-7-17-18(13-14)26(20(28)25(17)4)11-9-21(2,3)29/h6-8,10,12-13,29H,5,9,11H2,1-4H3,(H,22,27)(H,23,24). The van der Waals surface area contributed by atoms with Gasteiger partial charge in [0.15, 0.2) is 0 Å². The van der Waals surface area contributed by atoms with Gasteiger partial charge in [-0.2, -0.15) is 0 Å². The maximum atomic E-state index is 12.6. The molecule has 1 aromatic carbocycles. The van der Waals surface area contributed by atoms with E-state index in [1.807, 2.05) is 25.1 Å². The van der Waals surface area contributed by atoms with Crippen LogP contribution in [0.5, 0.6) is 0 Å². The van der Waals surface area contributed by atoms with Crippen molar-refractivity contribution in [1.29, 1.82) is 0 Å². The van der Waals surface area contributed by atoms with Crippen molar-refractivity contribution in [2.75, 3.05) is 11.9 Å². The van der Waals surface area contributed by atoms with Gasteiger partial charge >= 0.3 is 5.69 Å². The Kier molecular flexibility index (Phi) is 5.74. The first-order valence-electron chi connectivity index (χ1n) is 9.62. The molecule has 0 aliphatic carbocycles. The van der Waals surface area contributed by atoms with Gasteiger partial charge in [0.25, 0.3) is 5.91 Å². The van der Waals surface area contributed by atoms with Gasteiger partial charge in [0, 0.05) is 37.7 Å². The predicted molar refractivity (Wildman–Crippen MR) is 114 cm³/mol. The second kappa shape index (κ2) is 8.08. The van der Waals surface area contributed by atoms with Crippen LogP contribution in [0.1, 0.15) is 37.7 Å². The summed E-state index contributed by atoms with van der Waals surface area (Å²) in [7, 11) is 1.74. The fraction of sp³-hybridized carbons (Fsp3) is 0.381. The van der Waals surface area contributed by atoms with Gasteiger partial charge in [-0.05, 0) is 57.5 Å². The minimum atomic E-state index is -0.857. The van der Waals surface area contributed by atoms with Crippen molar-refractivity contribution in [2.45, 2.75) is 39.3 Å². The fourth-order valence-corrected chi connectivity index (χ4v) is 3.14. The Balaban J connectivity index is 1.92. The molecule has 0 aliphatic heterocycles. The van der Waals surface area contributed by atoms with Crippen LogP contribution in [0.15, 0.2) is 41.3 Å². The minimum absolute atomic E-state index is 0.121. The lowest BCUT2D eigenvalue weighted by molar-refractivity contribution is 0.0662. The number of hydrogen-bond acceptors (Lipinski definition) is 5. The third kappa shape index (κ3) is 4.65. The summed E-state index contributed by atoms with van der Waals surface area (Å²) in [5.74, 6) is -0.227. The molecule has 0 bridgehead atoms. The lowest BCUT2D eigenvalue weighted by atomic mass is 10.1. The fourth-order valence-electron chi connectivity index (χ4n) is 3.14. The van der Waals surface area contributed by atoms with E-state index in [-0.39, 0.29) is 11.6 Å². The number of amides is 1. The van der Waals surface area contributed by atoms with Crippen LogP contribution in [-0.2, 0) is 13.6 Å². The molecule has 8 heteroatoms. The molecule has 0 radical (unpaired) electrons. The molecule has 0 atom stereocenters. The lowest BCUT2D eigenvalue weighted by Crippen LogP contribution is -2.27. The van der Waals surface area contributed by atoms with Crippen molar-refractivity contribution < 1.29 is 9.90 Å². The van der Waals surface area contributed by atoms with Gasteiger partial charge in [-0.25, -0.2) is 4.79 Å². The molecule has 0 unspecified atom stereocenters. The number of aromatic nitrogens is 3. The number of carbonyl (C=O) groups is 1. The van der Waals surface area contributed by atoms with E-state index in [0.717, 1.165) is 22.4 Å². The highest BCUT2D eigenvalue weighted by molar-refractivity contribution is 5.93. The van der Waals surface area contributed by atoms with Crippen molar-refractivity contribution in [3.8, 4) is 0 Å². The molecule has 0 saturated carbocycles. The van der Waals surface area contributed by atoms with E-state index < -0.39 is 5.60 Å². The first-order valence-corrected chi connectivity index (χ1v) is 9.62. The Morgan fingerprint density at radius 1 is 1.17 bits per heavy atom. The summed E-state index contributed by atoms with van der Waals surface area (Å²) in [5, 5.41) is 16.0. The van der Waals surface area contributed by atoms with E-state index in [9.17, 15) is 14.7 Å². The summed E-state index contributed by atoms with van der Waals surface area (Å²) in [5.41, 5.74) is 2.46. The number of fused-ring (bicyclic) bond motifs is 1. The lowest BCUT2D eigenvalue weighted by Gasteiger charge is -2.17. The molecular formula is C21H27N5O3. The SMILES string of the molecule is CCNC(=O)c1cc(Nc2ccc3c(c2)n(CCC(C)(C)O)c(=O)n3C)ccn1. The first-order chi connectivity index (χ1) is 13.7. The summed E-state index contributed by atoms with van der Waals surface area (Å²) in [6.07, 6.45) is 2.04. The molecule has 3 aromatic rings. The second-order valence-corrected chi connectivity index (χ2v) is 7.67. The maximum Gasteiger partial charge on any atom is 0.328 e. The Hall–Kier alpha value is -3.13. The predicted octanol–water partition coefficient (Wildman–Crippen LogP) is 2.39. The van der Waals surface area contributed by atoms with Gasteiger partial charge in [0.05, 0.1) is 16.6 Å². The number of nitrogens with zero attached hydrogens (tertiary/aromatic N) is 3. The van der Waals surface area contributed by atoms with Crippen LogP contribution < -0.4 is 16.3 Å². The van der Waals surface area contributed by atoms with E-state index in [2.05, 4.69) is 15.6 Å². The van der Waals surface area contributed by atoms with E-state index in [1.165, 1.54) is 0 Å². The molecule has 8 nitrogen and oxygen atoms in total. The number of hydrogen-bond donors (Lipinski definition) is 3. The van der Waals surface area contributed by atoms with Gasteiger partial charge < -0.3 is 15.7 Å². The highest BCUT2D eigenvalue weighted by atomic mass is 16.3. The topological polar surface area (TPSA) is 101 Å². The van der Waals surface area contributed by atoms with E-state index >= 15 is 0 Å². The zero-order valence-corrected chi connectivity index (χ0v) is 17.2. The van der Waals surface area contributed by atoms with Gasteiger partial charge in [0.1, 0.15) is 5.69 Å².